The van der Waals surface area contributed by atoms with Crippen molar-refractivity contribution in [3.63, 3.8) is 0 Å². The first-order valence-corrected chi connectivity index (χ1v) is 8.86. The van der Waals surface area contributed by atoms with Crippen LogP contribution in [0.3, 0.4) is 0 Å². The second-order valence-corrected chi connectivity index (χ2v) is 6.43. The van der Waals surface area contributed by atoms with Gasteiger partial charge in [0.2, 0.25) is 5.95 Å². The number of aromatic nitrogens is 2. The average molecular weight is 355 g/mol. The summed E-state index contributed by atoms with van der Waals surface area (Å²) >= 11 is 0. The minimum atomic E-state index is -0.215. The third-order valence-corrected chi connectivity index (χ3v) is 4.49. The first kappa shape index (κ1) is 18.3. The maximum absolute atomic E-state index is 12.3. The first-order valence-electron chi connectivity index (χ1n) is 8.86. The Kier molecular flexibility index (Phi) is 6.14. The van der Waals surface area contributed by atoms with Gasteiger partial charge in [0.1, 0.15) is 0 Å². The number of morpholine rings is 1. The molecule has 0 radical (unpaired) electrons. The summed E-state index contributed by atoms with van der Waals surface area (Å²) < 4.78 is 5.33. The van der Waals surface area contributed by atoms with Gasteiger partial charge in [-0.05, 0) is 37.1 Å². The fourth-order valence-corrected chi connectivity index (χ4v) is 2.71. The molecule has 1 fully saturated rings. The van der Waals surface area contributed by atoms with Crippen molar-refractivity contribution < 1.29 is 9.53 Å². The molecule has 0 bridgehead atoms. The Balaban J connectivity index is 1.49. The lowest BCUT2D eigenvalue weighted by Gasteiger charge is -2.26. The molecular weight excluding hydrogens is 330 g/mol. The Morgan fingerprint density at radius 3 is 2.58 bits per heavy atom. The number of nitrogens with zero attached hydrogens (tertiary/aromatic N) is 3. The molecule has 7 heteroatoms. The number of carbonyl (C=O) groups excluding carboxylic acids is 1. The van der Waals surface area contributed by atoms with E-state index in [4.69, 9.17) is 4.74 Å². The third-order valence-electron chi connectivity index (χ3n) is 4.49. The molecule has 2 N–H and O–H groups in total. The normalized spacial score (nSPS) is 14.8. The van der Waals surface area contributed by atoms with E-state index < -0.39 is 0 Å². The molecular formula is C19H25N5O2. The summed E-state index contributed by atoms with van der Waals surface area (Å²) in [6, 6.07) is 5.83. The summed E-state index contributed by atoms with van der Waals surface area (Å²) in [6.07, 6.45) is 3.08. The first-order chi connectivity index (χ1) is 12.6. The van der Waals surface area contributed by atoms with E-state index in [0.717, 1.165) is 50.6 Å². The van der Waals surface area contributed by atoms with Gasteiger partial charge in [-0.1, -0.05) is 6.07 Å². The molecule has 0 saturated carbocycles. The predicted molar refractivity (Wildman–Crippen MR) is 102 cm³/mol. The van der Waals surface area contributed by atoms with Crippen molar-refractivity contribution in [2.24, 2.45) is 0 Å². The summed E-state index contributed by atoms with van der Waals surface area (Å²) in [5.74, 6) is 0.314. The largest absolute Gasteiger partial charge is 0.379 e. The topological polar surface area (TPSA) is 79.4 Å². The van der Waals surface area contributed by atoms with Crippen LogP contribution in [0.1, 0.15) is 21.5 Å². The molecule has 1 aromatic heterocycles. The van der Waals surface area contributed by atoms with Crippen molar-refractivity contribution in [2.75, 3.05) is 50.0 Å². The highest BCUT2D eigenvalue weighted by molar-refractivity contribution is 6.03. The van der Waals surface area contributed by atoms with Crippen molar-refractivity contribution in [2.45, 2.75) is 13.8 Å². The van der Waals surface area contributed by atoms with Crippen molar-refractivity contribution in [3.8, 4) is 0 Å². The summed E-state index contributed by atoms with van der Waals surface area (Å²) in [7, 11) is 0. The number of nitrogens with one attached hydrogen (secondary N) is 2. The highest BCUT2D eigenvalue weighted by Crippen LogP contribution is 2.15. The third kappa shape index (κ3) is 5.00. The van der Waals surface area contributed by atoms with Gasteiger partial charge in [-0.2, -0.15) is 0 Å². The lowest BCUT2D eigenvalue weighted by molar-refractivity contribution is 0.0398. The molecule has 1 aliphatic heterocycles. The van der Waals surface area contributed by atoms with Gasteiger partial charge in [0.15, 0.2) is 0 Å². The van der Waals surface area contributed by atoms with Crippen molar-refractivity contribution in [3.05, 3.63) is 47.3 Å². The van der Waals surface area contributed by atoms with Gasteiger partial charge >= 0.3 is 0 Å². The Hall–Kier alpha value is -2.51. The van der Waals surface area contributed by atoms with Crippen LogP contribution in [0.5, 0.6) is 0 Å². The van der Waals surface area contributed by atoms with E-state index >= 15 is 0 Å². The van der Waals surface area contributed by atoms with Crippen LogP contribution in [0.25, 0.3) is 0 Å². The second kappa shape index (κ2) is 8.73. The van der Waals surface area contributed by atoms with Gasteiger partial charge < -0.3 is 15.4 Å². The number of anilines is 2. The number of benzene rings is 1. The summed E-state index contributed by atoms with van der Waals surface area (Å²) in [4.78, 5) is 23.1. The average Bonchev–Trinajstić information content (AvgIpc) is 2.66. The molecule has 1 saturated heterocycles. The molecule has 0 unspecified atom stereocenters. The fraction of sp³-hybridized carbons (Fsp3) is 0.421. The van der Waals surface area contributed by atoms with E-state index in [1.165, 1.54) is 5.56 Å². The molecule has 0 spiro atoms. The van der Waals surface area contributed by atoms with E-state index in [9.17, 15) is 4.79 Å². The van der Waals surface area contributed by atoms with Gasteiger partial charge in [0.05, 0.1) is 18.8 Å². The minimum absolute atomic E-state index is 0.215. The predicted octanol–water partition coefficient (Wildman–Crippen LogP) is 2.09. The standard InChI is InChI=1S/C19H25N5O2/c1-14-3-4-17(11-15(14)2)23-18(25)16-12-21-19(22-13-16)20-5-6-24-7-9-26-10-8-24/h3-4,11-13H,5-10H2,1-2H3,(H,23,25)(H,20,21,22). The van der Waals surface area contributed by atoms with Crippen LogP contribution >= 0.6 is 0 Å². The minimum Gasteiger partial charge on any atom is -0.379 e. The lowest BCUT2D eigenvalue weighted by Crippen LogP contribution is -2.39. The zero-order valence-corrected chi connectivity index (χ0v) is 15.3. The molecule has 2 heterocycles. The number of rotatable bonds is 6. The van der Waals surface area contributed by atoms with Crippen LogP contribution in [0.2, 0.25) is 0 Å². The number of amides is 1. The van der Waals surface area contributed by atoms with Gasteiger partial charge in [-0.15, -0.1) is 0 Å². The molecule has 2 aromatic rings. The van der Waals surface area contributed by atoms with Gasteiger partial charge in [0, 0.05) is 44.3 Å². The number of hydrogen-bond donors (Lipinski definition) is 2. The highest BCUT2D eigenvalue weighted by atomic mass is 16.5. The number of hydrogen-bond acceptors (Lipinski definition) is 6. The zero-order valence-electron chi connectivity index (χ0n) is 15.3. The van der Waals surface area contributed by atoms with Gasteiger partial charge in [0.25, 0.3) is 5.91 Å². The second-order valence-electron chi connectivity index (χ2n) is 6.43. The monoisotopic (exact) mass is 355 g/mol. The van der Waals surface area contributed by atoms with E-state index in [-0.39, 0.29) is 5.91 Å². The Labute approximate surface area is 153 Å². The molecule has 138 valence electrons. The Morgan fingerprint density at radius 1 is 1.15 bits per heavy atom. The molecule has 1 aromatic carbocycles. The van der Waals surface area contributed by atoms with Gasteiger partial charge in [-0.3, -0.25) is 9.69 Å². The smallest absolute Gasteiger partial charge is 0.258 e. The summed E-state index contributed by atoms with van der Waals surface area (Å²) in [5, 5.41) is 6.06. The number of carbonyl (C=O) groups is 1. The van der Waals surface area contributed by atoms with Crippen LogP contribution < -0.4 is 10.6 Å². The number of aryl methyl sites for hydroxylation is 2. The van der Waals surface area contributed by atoms with Crippen molar-refractivity contribution in [1.82, 2.24) is 14.9 Å². The van der Waals surface area contributed by atoms with E-state index in [1.54, 1.807) is 12.4 Å². The van der Waals surface area contributed by atoms with Crippen LogP contribution in [0.15, 0.2) is 30.6 Å². The molecule has 26 heavy (non-hydrogen) atoms. The van der Waals surface area contributed by atoms with Crippen LogP contribution in [-0.4, -0.2) is 60.2 Å². The van der Waals surface area contributed by atoms with Crippen LogP contribution in [-0.2, 0) is 4.74 Å². The molecule has 3 rings (SSSR count). The summed E-state index contributed by atoms with van der Waals surface area (Å²) in [6.45, 7) is 9.24. The molecule has 7 nitrogen and oxygen atoms in total. The molecule has 1 amide bonds. The maximum atomic E-state index is 12.3. The highest BCUT2D eigenvalue weighted by Gasteiger charge is 2.11. The maximum Gasteiger partial charge on any atom is 0.258 e. The van der Waals surface area contributed by atoms with Crippen LogP contribution in [0.4, 0.5) is 11.6 Å². The number of ether oxygens (including phenoxy) is 1. The zero-order chi connectivity index (χ0) is 18.4. The SMILES string of the molecule is Cc1ccc(NC(=O)c2cnc(NCCN3CCOCC3)nc2)cc1C. The lowest BCUT2D eigenvalue weighted by atomic mass is 10.1. The molecule has 0 aliphatic carbocycles. The van der Waals surface area contributed by atoms with E-state index in [1.807, 2.05) is 32.0 Å². The van der Waals surface area contributed by atoms with E-state index in [2.05, 4.69) is 25.5 Å². The Morgan fingerprint density at radius 2 is 1.88 bits per heavy atom. The van der Waals surface area contributed by atoms with Crippen molar-refractivity contribution in [1.29, 1.82) is 0 Å². The van der Waals surface area contributed by atoms with Gasteiger partial charge in [-0.25, -0.2) is 9.97 Å². The van der Waals surface area contributed by atoms with E-state index in [0.29, 0.717) is 11.5 Å². The van der Waals surface area contributed by atoms with Crippen molar-refractivity contribution >= 4 is 17.5 Å². The molecule has 1 aliphatic rings. The summed E-state index contributed by atoms with van der Waals surface area (Å²) in [5.41, 5.74) is 3.53. The molecule has 0 atom stereocenters. The fourth-order valence-electron chi connectivity index (χ4n) is 2.71. The Bertz CT molecular complexity index is 742. The van der Waals surface area contributed by atoms with Crippen LogP contribution in [0, 0.1) is 13.8 Å². The quantitative estimate of drug-likeness (QED) is 0.826.